The van der Waals surface area contributed by atoms with Crippen molar-refractivity contribution in [3.05, 3.63) is 21.8 Å². The summed E-state index contributed by atoms with van der Waals surface area (Å²) in [5.41, 5.74) is 0.647. The third-order valence-corrected chi connectivity index (χ3v) is 7.27. The van der Waals surface area contributed by atoms with E-state index in [1.165, 1.54) is 0 Å². The normalized spacial score (nSPS) is 12.2. The van der Waals surface area contributed by atoms with E-state index in [1.807, 2.05) is 67.8 Å². The minimum absolute atomic E-state index is 0.104. The van der Waals surface area contributed by atoms with Crippen LogP contribution in [0.4, 0.5) is 5.69 Å². The van der Waals surface area contributed by atoms with Gasteiger partial charge in [0.05, 0.1) is 53.9 Å². The average Bonchev–Trinajstić information content (AvgIpc) is 2.70. The van der Waals surface area contributed by atoms with Gasteiger partial charge in [0.25, 0.3) is 11.8 Å². The monoisotopic (exact) mass is 750 g/mol. The fourth-order valence-electron chi connectivity index (χ4n) is 2.37. The minimum Gasteiger partial charge on any atom is -0.395 e. The molecule has 0 aliphatic rings. The van der Waals surface area contributed by atoms with Crippen molar-refractivity contribution in [2.45, 2.75) is 18.8 Å². The molecule has 0 aromatic heterocycles. The van der Waals surface area contributed by atoms with Crippen LogP contribution in [-0.2, 0) is 11.4 Å². The van der Waals surface area contributed by atoms with Gasteiger partial charge in [-0.15, -0.1) is 0 Å². The van der Waals surface area contributed by atoms with Gasteiger partial charge in [0, 0.05) is 19.2 Å². The van der Waals surface area contributed by atoms with E-state index in [-0.39, 0.29) is 17.8 Å². The summed E-state index contributed by atoms with van der Waals surface area (Å²) in [6.07, 6.45) is -1.73. The van der Waals surface area contributed by atoms with E-state index in [1.54, 1.807) is 0 Å². The minimum atomic E-state index is -1.73. The van der Waals surface area contributed by atoms with Gasteiger partial charge < -0.3 is 40.9 Å². The molecule has 0 saturated heterocycles. The maximum atomic E-state index is 12.8. The average molecular weight is 750 g/mol. The molecule has 1 aromatic rings. The highest BCUT2D eigenvalue weighted by atomic mass is 127. The number of hydrogen-bond donors (Lipinski definition) is 7. The summed E-state index contributed by atoms with van der Waals surface area (Å²) in [7, 11) is 0. The predicted octanol–water partition coefficient (Wildman–Crippen LogP) is -1.25. The first-order valence-corrected chi connectivity index (χ1v) is 11.5. The number of aliphatic hydroxyl groups is 6. The zero-order valence-electron chi connectivity index (χ0n) is 15.0. The molecule has 13 heteroatoms. The molecule has 0 radical (unpaired) electrons. The van der Waals surface area contributed by atoms with Crippen LogP contribution in [0.5, 0.6) is 0 Å². The Bertz CT molecular complexity index is 746. The first kappa shape index (κ1) is 27.1. The molecule has 1 rings (SSSR count). The Hall–Kier alpha value is 0.110. The maximum Gasteiger partial charge on any atom is 0.258 e. The number of halogens is 3. The Kier molecular flexibility index (Phi) is 12.0. The Morgan fingerprint density at radius 3 is 1.97 bits per heavy atom. The second-order valence-corrected chi connectivity index (χ2v) is 8.99. The van der Waals surface area contributed by atoms with Gasteiger partial charge in [0.2, 0.25) is 0 Å². The number of anilines is 1. The van der Waals surface area contributed by atoms with Crippen LogP contribution in [0.3, 0.4) is 0 Å². The lowest BCUT2D eigenvalue weighted by atomic mass is 10.1. The topological polar surface area (TPSA) is 171 Å². The summed E-state index contributed by atoms with van der Waals surface area (Å²) in [5, 5.41) is 59.1. The van der Waals surface area contributed by atoms with Crippen molar-refractivity contribution < 1.29 is 40.2 Å². The third kappa shape index (κ3) is 6.31. The van der Waals surface area contributed by atoms with E-state index in [2.05, 4.69) is 5.32 Å². The van der Waals surface area contributed by atoms with E-state index in [0.717, 1.165) is 4.90 Å². The van der Waals surface area contributed by atoms with Gasteiger partial charge in [-0.05, 0) is 67.8 Å². The summed E-state index contributed by atoms with van der Waals surface area (Å²) in [6, 6.07) is -0.902. The standard InChI is InChI=1S/C16H21I3N2O8/c17-11-8(5-25)12(18)14(21(1-2-22)16(29)9(27)6-26)13(19)10(11)15(28)20-7(3-23)4-24/h7,9,22-27H,1-6H2,(H,20,28). The Morgan fingerprint density at radius 1 is 0.931 bits per heavy atom. The molecule has 0 aliphatic heterocycles. The number of aliphatic hydroxyl groups excluding tert-OH is 6. The molecule has 0 saturated carbocycles. The highest BCUT2D eigenvalue weighted by Gasteiger charge is 2.32. The number of amides is 2. The molecular weight excluding hydrogens is 729 g/mol. The van der Waals surface area contributed by atoms with Crippen LogP contribution >= 0.6 is 67.8 Å². The van der Waals surface area contributed by atoms with E-state index in [4.69, 9.17) is 5.11 Å². The molecule has 10 nitrogen and oxygen atoms in total. The largest absolute Gasteiger partial charge is 0.395 e. The molecule has 1 atom stereocenters. The predicted molar refractivity (Wildman–Crippen MR) is 128 cm³/mol. The molecule has 0 bridgehead atoms. The summed E-state index contributed by atoms with van der Waals surface area (Å²) in [6.45, 7) is -2.92. The second kappa shape index (κ2) is 12.8. The number of rotatable bonds is 10. The van der Waals surface area contributed by atoms with Gasteiger partial charge in [-0.3, -0.25) is 9.59 Å². The first-order chi connectivity index (χ1) is 13.7. The summed E-state index contributed by atoms with van der Waals surface area (Å²) in [5.74, 6) is -1.52. The SMILES string of the molecule is O=C(NC(CO)CO)c1c(I)c(CO)c(I)c(N(CCO)C(=O)C(O)CO)c1I. The van der Waals surface area contributed by atoms with Crippen molar-refractivity contribution in [1.82, 2.24) is 5.32 Å². The van der Waals surface area contributed by atoms with Gasteiger partial charge in [0.15, 0.2) is 6.10 Å². The molecule has 29 heavy (non-hydrogen) atoms. The number of carbonyl (C=O) groups is 2. The van der Waals surface area contributed by atoms with Gasteiger partial charge >= 0.3 is 0 Å². The number of benzene rings is 1. The van der Waals surface area contributed by atoms with Crippen LogP contribution < -0.4 is 10.2 Å². The number of carbonyl (C=O) groups excluding carboxylic acids is 2. The lowest BCUT2D eigenvalue weighted by Crippen LogP contribution is -2.44. The van der Waals surface area contributed by atoms with Crippen LogP contribution in [0.1, 0.15) is 15.9 Å². The summed E-state index contributed by atoms with van der Waals surface area (Å²) < 4.78 is 1.14. The Balaban J connectivity index is 3.70. The highest BCUT2D eigenvalue weighted by molar-refractivity contribution is 14.1. The Labute approximate surface area is 207 Å². The fourth-order valence-corrected chi connectivity index (χ4v) is 6.95. The van der Waals surface area contributed by atoms with Crippen LogP contribution in [-0.4, -0.2) is 87.6 Å². The number of nitrogens with one attached hydrogen (secondary N) is 1. The zero-order valence-corrected chi connectivity index (χ0v) is 21.5. The van der Waals surface area contributed by atoms with E-state index < -0.39 is 57.0 Å². The van der Waals surface area contributed by atoms with Crippen LogP contribution in [0.25, 0.3) is 0 Å². The lowest BCUT2D eigenvalue weighted by Gasteiger charge is -2.29. The van der Waals surface area contributed by atoms with Crippen LogP contribution in [0, 0.1) is 10.7 Å². The molecule has 0 aliphatic carbocycles. The smallest absolute Gasteiger partial charge is 0.258 e. The molecule has 164 valence electrons. The second-order valence-electron chi connectivity index (χ2n) is 5.75. The zero-order chi connectivity index (χ0) is 22.3. The Morgan fingerprint density at radius 2 is 1.52 bits per heavy atom. The molecule has 7 N–H and O–H groups in total. The van der Waals surface area contributed by atoms with E-state index in [9.17, 15) is 35.1 Å². The number of hydrogen-bond acceptors (Lipinski definition) is 8. The van der Waals surface area contributed by atoms with Gasteiger partial charge in [0.1, 0.15) is 0 Å². The van der Waals surface area contributed by atoms with E-state index >= 15 is 0 Å². The van der Waals surface area contributed by atoms with Crippen LogP contribution in [0.2, 0.25) is 0 Å². The third-order valence-electron chi connectivity index (χ3n) is 3.86. The summed E-state index contributed by atoms with van der Waals surface area (Å²) >= 11 is 5.61. The lowest BCUT2D eigenvalue weighted by molar-refractivity contribution is -0.128. The fraction of sp³-hybridized carbons (Fsp3) is 0.500. The van der Waals surface area contributed by atoms with Crippen molar-refractivity contribution >= 4 is 85.3 Å². The van der Waals surface area contributed by atoms with E-state index in [0.29, 0.717) is 16.3 Å². The van der Waals surface area contributed by atoms with Gasteiger partial charge in [-0.1, -0.05) is 0 Å². The molecule has 0 heterocycles. The van der Waals surface area contributed by atoms with Gasteiger partial charge in [-0.25, -0.2) is 0 Å². The molecule has 0 spiro atoms. The van der Waals surface area contributed by atoms with Gasteiger partial charge in [-0.2, -0.15) is 0 Å². The van der Waals surface area contributed by atoms with Crippen molar-refractivity contribution in [2.24, 2.45) is 0 Å². The number of nitrogens with zero attached hydrogens (tertiary/aromatic N) is 1. The summed E-state index contributed by atoms with van der Waals surface area (Å²) in [4.78, 5) is 26.4. The molecule has 0 fully saturated rings. The van der Waals surface area contributed by atoms with Crippen molar-refractivity contribution in [3.8, 4) is 0 Å². The first-order valence-electron chi connectivity index (χ1n) is 8.23. The molecule has 1 unspecified atom stereocenters. The molecule has 1 aromatic carbocycles. The quantitative estimate of drug-likeness (QED) is 0.146. The maximum absolute atomic E-state index is 12.8. The van der Waals surface area contributed by atoms with Crippen molar-refractivity contribution in [2.75, 3.05) is 37.9 Å². The highest BCUT2D eigenvalue weighted by Crippen LogP contribution is 2.38. The van der Waals surface area contributed by atoms with Crippen LogP contribution in [0.15, 0.2) is 0 Å². The molecular formula is C16H21I3N2O8. The van der Waals surface area contributed by atoms with Crippen molar-refractivity contribution in [3.63, 3.8) is 0 Å². The van der Waals surface area contributed by atoms with Crippen molar-refractivity contribution in [1.29, 1.82) is 0 Å². The molecule has 2 amide bonds.